The van der Waals surface area contributed by atoms with E-state index in [4.69, 9.17) is 4.74 Å². The molecule has 0 radical (unpaired) electrons. The molecule has 0 spiro atoms. The minimum absolute atomic E-state index is 0.120. The van der Waals surface area contributed by atoms with Crippen molar-refractivity contribution in [2.24, 2.45) is 0 Å². The van der Waals surface area contributed by atoms with Crippen molar-refractivity contribution >= 4 is 0 Å². The zero-order chi connectivity index (χ0) is 10.4. The van der Waals surface area contributed by atoms with E-state index in [1.165, 1.54) is 0 Å². The summed E-state index contributed by atoms with van der Waals surface area (Å²) in [6.45, 7) is 4.84. The van der Waals surface area contributed by atoms with Gasteiger partial charge in [-0.2, -0.15) is 0 Å². The largest absolute Gasteiger partial charge is 0.461 e. The van der Waals surface area contributed by atoms with Gasteiger partial charge in [0.15, 0.2) is 0 Å². The van der Waals surface area contributed by atoms with Crippen LogP contribution in [0.2, 0.25) is 0 Å². The van der Waals surface area contributed by atoms with Crippen LogP contribution in [0.5, 0.6) is 6.01 Å². The fourth-order valence-corrected chi connectivity index (χ4v) is 1.04. The summed E-state index contributed by atoms with van der Waals surface area (Å²) in [6, 6.07) is 2.37. The number of likely N-dealkylation sites (N-methyl/N-ethyl adjacent to an activating group) is 1. The molecule has 0 amide bonds. The third kappa shape index (κ3) is 3.70. The van der Waals surface area contributed by atoms with Crippen LogP contribution in [-0.2, 0) is 6.42 Å². The van der Waals surface area contributed by atoms with Gasteiger partial charge in [0.2, 0.25) is 0 Å². The van der Waals surface area contributed by atoms with Gasteiger partial charge in [-0.3, -0.25) is 0 Å². The van der Waals surface area contributed by atoms with Crippen LogP contribution in [-0.4, -0.2) is 29.7 Å². The lowest BCUT2D eigenvalue weighted by molar-refractivity contribution is 0.221. The average Bonchev–Trinajstić information content (AvgIpc) is 2.14. The molecule has 1 heterocycles. The fraction of sp³-hybridized carbons (Fsp3) is 0.600. The molecule has 0 fully saturated rings. The van der Waals surface area contributed by atoms with Gasteiger partial charge in [0, 0.05) is 24.9 Å². The van der Waals surface area contributed by atoms with Crippen LogP contribution < -0.4 is 10.1 Å². The molecule has 1 N–H and O–H groups in total. The van der Waals surface area contributed by atoms with Crippen LogP contribution in [0.25, 0.3) is 0 Å². The molecular formula is C10H17N3O. The Bertz CT molecular complexity index is 276. The van der Waals surface area contributed by atoms with Crippen molar-refractivity contribution in [1.29, 1.82) is 0 Å². The first-order chi connectivity index (χ1) is 6.72. The first-order valence-corrected chi connectivity index (χ1v) is 4.85. The summed E-state index contributed by atoms with van der Waals surface area (Å²) >= 11 is 0. The molecule has 0 bridgehead atoms. The van der Waals surface area contributed by atoms with Gasteiger partial charge < -0.3 is 10.1 Å². The van der Waals surface area contributed by atoms with Gasteiger partial charge in [-0.15, -0.1) is 0 Å². The molecule has 0 unspecified atom stereocenters. The van der Waals surface area contributed by atoms with Gasteiger partial charge in [0.1, 0.15) is 0 Å². The van der Waals surface area contributed by atoms with Crippen molar-refractivity contribution in [3.63, 3.8) is 0 Å². The number of nitrogens with one attached hydrogen (secondary N) is 1. The maximum Gasteiger partial charge on any atom is 0.316 e. The number of hydrogen-bond acceptors (Lipinski definition) is 4. The van der Waals surface area contributed by atoms with Gasteiger partial charge in [-0.1, -0.05) is 0 Å². The molecule has 4 heteroatoms. The monoisotopic (exact) mass is 195 g/mol. The van der Waals surface area contributed by atoms with Crippen LogP contribution in [0.15, 0.2) is 12.3 Å². The number of nitrogens with zero attached hydrogens (tertiary/aromatic N) is 2. The van der Waals surface area contributed by atoms with Crippen molar-refractivity contribution < 1.29 is 4.74 Å². The maximum absolute atomic E-state index is 5.39. The van der Waals surface area contributed by atoms with E-state index in [2.05, 4.69) is 15.3 Å². The lowest BCUT2D eigenvalue weighted by atomic mass is 10.3. The molecule has 4 nitrogen and oxygen atoms in total. The van der Waals surface area contributed by atoms with E-state index in [1.54, 1.807) is 6.20 Å². The third-order valence-corrected chi connectivity index (χ3v) is 1.66. The Balaban J connectivity index is 2.59. The molecule has 78 valence electrons. The molecule has 0 saturated heterocycles. The second-order valence-electron chi connectivity index (χ2n) is 3.35. The third-order valence-electron chi connectivity index (χ3n) is 1.66. The number of rotatable bonds is 5. The van der Waals surface area contributed by atoms with E-state index in [-0.39, 0.29) is 6.10 Å². The Hall–Kier alpha value is -1.16. The predicted octanol–water partition coefficient (Wildman–Crippen LogP) is 1.03. The fourth-order valence-electron chi connectivity index (χ4n) is 1.04. The van der Waals surface area contributed by atoms with Crippen molar-refractivity contribution in [1.82, 2.24) is 15.3 Å². The van der Waals surface area contributed by atoms with E-state index in [0.29, 0.717) is 6.01 Å². The molecule has 0 aliphatic heterocycles. The van der Waals surface area contributed by atoms with Crippen molar-refractivity contribution in [2.45, 2.75) is 26.4 Å². The highest BCUT2D eigenvalue weighted by Crippen LogP contribution is 2.05. The zero-order valence-electron chi connectivity index (χ0n) is 8.95. The summed E-state index contributed by atoms with van der Waals surface area (Å²) < 4.78 is 5.39. The highest BCUT2D eigenvalue weighted by atomic mass is 16.5. The number of hydrogen-bond donors (Lipinski definition) is 1. The highest BCUT2D eigenvalue weighted by molar-refractivity contribution is 5.06. The van der Waals surface area contributed by atoms with Crippen molar-refractivity contribution in [3.8, 4) is 6.01 Å². The second kappa shape index (κ2) is 5.54. The van der Waals surface area contributed by atoms with Crippen LogP contribution in [0.3, 0.4) is 0 Å². The van der Waals surface area contributed by atoms with Crippen LogP contribution in [0.1, 0.15) is 19.5 Å². The SMILES string of the molecule is CNCCc1ccnc(OC(C)C)n1. The van der Waals surface area contributed by atoms with E-state index >= 15 is 0 Å². The molecular weight excluding hydrogens is 178 g/mol. The van der Waals surface area contributed by atoms with Crippen molar-refractivity contribution in [3.05, 3.63) is 18.0 Å². The predicted molar refractivity (Wildman–Crippen MR) is 55.4 cm³/mol. The first kappa shape index (κ1) is 10.9. The van der Waals surface area contributed by atoms with E-state index in [0.717, 1.165) is 18.7 Å². The Kier molecular flexibility index (Phi) is 4.32. The second-order valence-corrected chi connectivity index (χ2v) is 3.35. The average molecular weight is 195 g/mol. The topological polar surface area (TPSA) is 47.0 Å². The lowest BCUT2D eigenvalue weighted by Gasteiger charge is -2.08. The Morgan fingerprint density at radius 2 is 2.29 bits per heavy atom. The summed E-state index contributed by atoms with van der Waals surface area (Å²) in [6.07, 6.45) is 2.75. The Morgan fingerprint density at radius 3 is 2.93 bits per heavy atom. The molecule has 1 aromatic rings. The highest BCUT2D eigenvalue weighted by Gasteiger charge is 2.01. The first-order valence-electron chi connectivity index (χ1n) is 4.85. The van der Waals surface area contributed by atoms with Gasteiger partial charge in [-0.25, -0.2) is 9.97 Å². The molecule has 0 atom stereocenters. The molecule has 0 aliphatic carbocycles. The smallest absolute Gasteiger partial charge is 0.316 e. The summed E-state index contributed by atoms with van der Waals surface area (Å²) in [5.74, 6) is 0. The Labute approximate surface area is 84.7 Å². The number of ether oxygens (including phenoxy) is 1. The number of aromatic nitrogens is 2. The van der Waals surface area contributed by atoms with E-state index in [9.17, 15) is 0 Å². The van der Waals surface area contributed by atoms with Crippen LogP contribution >= 0.6 is 0 Å². The quantitative estimate of drug-likeness (QED) is 0.762. The van der Waals surface area contributed by atoms with Crippen LogP contribution in [0, 0.1) is 0 Å². The maximum atomic E-state index is 5.39. The van der Waals surface area contributed by atoms with Crippen LogP contribution in [0.4, 0.5) is 0 Å². The zero-order valence-corrected chi connectivity index (χ0v) is 8.95. The molecule has 1 aromatic heterocycles. The standard InChI is InChI=1S/C10H17N3O/c1-8(2)14-10-12-7-5-9(13-10)4-6-11-3/h5,7-8,11H,4,6H2,1-3H3. The van der Waals surface area contributed by atoms with Gasteiger partial charge in [0.05, 0.1) is 6.10 Å². The molecule has 1 rings (SSSR count). The summed E-state index contributed by atoms with van der Waals surface area (Å²) in [5, 5.41) is 3.08. The normalized spacial score (nSPS) is 10.6. The van der Waals surface area contributed by atoms with E-state index < -0.39 is 0 Å². The summed E-state index contributed by atoms with van der Waals surface area (Å²) in [4.78, 5) is 8.31. The minimum atomic E-state index is 0.120. The molecule has 14 heavy (non-hydrogen) atoms. The molecule has 0 saturated carbocycles. The lowest BCUT2D eigenvalue weighted by Crippen LogP contribution is -2.13. The molecule has 0 aromatic carbocycles. The van der Waals surface area contributed by atoms with Gasteiger partial charge >= 0.3 is 6.01 Å². The van der Waals surface area contributed by atoms with Gasteiger partial charge in [-0.05, 0) is 27.0 Å². The summed E-state index contributed by atoms with van der Waals surface area (Å²) in [5.41, 5.74) is 1.00. The summed E-state index contributed by atoms with van der Waals surface area (Å²) in [7, 11) is 1.92. The van der Waals surface area contributed by atoms with Crippen molar-refractivity contribution in [2.75, 3.05) is 13.6 Å². The molecule has 0 aliphatic rings. The van der Waals surface area contributed by atoms with Gasteiger partial charge in [0.25, 0.3) is 0 Å². The Morgan fingerprint density at radius 1 is 1.50 bits per heavy atom. The van der Waals surface area contributed by atoms with E-state index in [1.807, 2.05) is 27.0 Å². The minimum Gasteiger partial charge on any atom is -0.461 e.